The Hall–Kier alpha value is -2.06. The van der Waals surface area contributed by atoms with Crippen LogP contribution in [-0.4, -0.2) is 43.1 Å². The number of hydrogen-bond donors (Lipinski definition) is 1. The van der Waals surface area contributed by atoms with Crippen molar-refractivity contribution in [3.8, 4) is 0 Å². The zero-order chi connectivity index (χ0) is 16.5. The van der Waals surface area contributed by atoms with Crippen molar-refractivity contribution < 1.29 is 18.0 Å². The first-order valence-corrected chi connectivity index (χ1v) is 6.83. The highest BCUT2D eigenvalue weighted by atomic mass is 19.4. The fourth-order valence-corrected chi connectivity index (χ4v) is 2.40. The Balaban J connectivity index is 2.27. The van der Waals surface area contributed by atoms with Gasteiger partial charge in [0.25, 0.3) is 0 Å². The van der Waals surface area contributed by atoms with Gasteiger partial charge in [-0.25, -0.2) is 4.98 Å². The van der Waals surface area contributed by atoms with Gasteiger partial charge in [0, 0.05) is 39.7 Å². The highest BCUT2D eigenvalue weighted by Gasteiger charge is 2.35. The van der Waals surface area contributed by atoms with E-state index in [2.05, 4.69) is 9.97 Å². The van der Waals surface area contributed by atoms with Crippen molar-refractivity contribution in [1.29, 1.82) is 0 Å². The molecule has 0 saturated carbocycles. The van der Waals surface area contributed by atoms with Gasteiger partial charge in [-0.2, -0.15) is 18.2 Å². The molecule has 0 bridgehead atoms. The van der Waals surface area contributed by atoms with Crippen molar-refractivity contribution in [2.45, 2.75) is 19.0 Å². The van der Waals surface area contributed by atoms with Crippen LogP contribution in [-0.2, 0) is 11.0 Å². The minimum Gasteiger partial charge on any atom is -0.370 e. The molecule has 2 heterocycles. The maximum Gasteiger partial charge on any atom is 0.433 e. The molecule has 22 heavy (non-hydrogen) atoms. The molecular weight excluding hydrogens is 299 g/mol. The maximum absolute atomic E-state index is 13.0. The molecule has 2 N–H and O–H groups in total. The Labute approximate surface area is 126 Å². The van der Waals surface area contributed by atoms with Crippen molar-refractivity contribution in [2.75, 3.05) is 37.0 Å². The average Bonchev–Trinajstić information content (AvgIpc) is 2.84. The van der Waals surface area contributed by atoms with Crippen LogP contribution in [0, 0.1) is 5.92 Å². The summed E-state index contributed by atoms with van der Waals surface area (Å²) < 4.78 is 38.9. The van der Waals surface area contributed by atoms with Crippen LogP contribution < -0.4 is 15.5 Å². The number of nitrogens with zero attached hydrogens (tertiary/aromatic N) is 4. The number of anilines is 2. The predicted octanol–water partition coefficient (Wildman–Crippen LogP) is 1.26. The summed E-state index contributed by atoms with van der Waals surface area (Å²) in [4.78, 5) is 21.9. The van der Waals surface area contributed by atoms with Gasteiger partial charge in [0.05, 0.1) is 0 Å². The lowest BCUT2D eigenvalue weighted by Crippen LogP contribution is -2.26. The van der Waals surface area contributed by atoms with Crippen LogP contribution in [0.15, 0.2) is 6.07 Å². The van der Waals surface area contributed by atoms with Crippen LogP contribution in [0.25, 0.3) is 0 Å². The number of amides is 1. The molecule has 1 aliphatic heterocycles. The zero-order valence-corrected chi connectivity index (χ0v) is 12.4. The molecule has 1 aliphatic rings. The first-order chi connectivity index (χ1) is 10.2. The molecule has 0 spiro atoms. The molecule has 0 aromatic carbocycles. The van der Waals surface area contributed by atoms with E-state index in [1.807, 2.05) is 0 Å². The van der Waals surface area contributed by atoms with Gasteiger partial charge in [0.15, 0.2) is 5.69 Å². The van der Waals surface area contributed by atoms with Crippen LogP contribution in [0.2, 0.25) is 0 Å². The van der Waals surface area contributed by atoms with E-state index in [1.165, 1.54) is 4.90 Å². The summed E-state index contributed by atoms with van der Waals surface area (Å²) in [5.41, 5.74) is 4.18. The van der Waals surface area contributed by atoms with Gasteiger partial charge in [0.1, 0.15) is 5.82 Å². The van der Waals surface area contributed by atoms with E-state index in [4.69, 9.17) is 5.73 Å². The van der Waals surface area contributed by atoms with E-state index in [1.54, 1.807) is 19.0 Å². The standard InChI is InChI=1S/C13H18F3N5O/c1-20(2)11-6-9(13(14,15)16)18-12(19-11)21-4-3-8(7-21)5-10(17)22/h6,8H,3-5,7H2,1-2H3,(H2,17,22). The molecule has 0 radical (unpaired) electrons. The van der Waals surface area contributed by atoms with Crippen LogP contribution in [0.4, 0.5) is 24.9 Å². The fourth-order valence-electron chi connectivity index (χ4n) is 2.40. The number of halogens is 3. The monoisotopic (exact) mass is 317 g/mol. The molecule has 1 aromatic heterocycles. The molecule has 1 atom stereocenters. The number of aromatic nitrogens is 2. The number of rotatable bonds is 4. The van der Waals surface area contributed by atoms with E-state index < -0.39 is 17.8 Å². The molecule has 122 valence electrons. The Bertz CT molecular complexity index is 561. The Kier molecular flexibility index (Phi) is 4.43. The topological polar surface area (TPSA) is 75.3 Å². The minimum absolute atomic E-state index is 0.0263. The van der Waals surface area contributed by atoms with Gasteiger partial charge >= 0.3 is 6.18 Å². The number of carbonyl (C=O) groups excluding carboxylic acids is 1. The largest absolute Gasteiger partial charge is 0.433 e. The highest BCUT2D eigenvalue weighted by molar-refractivity contribution is 5.74. The molecule has 1 unspecified atom stereocenters. The van der Waals surface area contributed by atoms with E-state index in [0.29, 0.717) is 19.5 Å². The Morgan fingerprint density at radius 1 is 1.45 bits per heavy atom. The van der Waals surface area contributed by atoms with E-state index in [-0.39, 0.29) is 24.1 Å². The molecule has 6 nitrogen and oxygen atoms in total. The van der Waals surface area contributed by atoms with Gasteiger partial charge in [-0.05, 0) is 12.3 Å². The SMILES string of the molecule is CN(C)c1cc(C(F)(F)F)nc(N2CCC(CC(N)=O)C2)n1. The second-order valence-corrected chi connectivity index (χ2v) is 5.57. The van der Waals surface area contributed by atoms with Crippen molar-refractivity contribution in [1.82, 2.24) is 9.97 Å². The van der Waals surface area contributed by atoms with Gasteiger partial charge in [0.2, 0.25) is 11.9 Å². The summed E-state index contributed by atoms with van der Waals surface area (Å²) >= 11 is 0. The summed E-state index contributed by atoms with van der Waals surface area (Å²) in [5, 5.41) is 0. The third kappa shape index (κ3) is 3.77. The van der Waals surface area contributed by atoms with Crippen molar-refractivity contribution >= 4 is 17.7 Å². The van der Waals surface area contributed by atoms with E-state index in [9.17, 15) is 18.0 Å². The third-order valence-electron chi connectivity index (χ3n) is 3.51. The Morgan fingerprint density at radius 3 is 2.68 bits per heavy atom. The molecule has 1 saturated heterocycles. The third-order valence-corrected chi connectivity index (χ3v) is 3.51. The average molecular weight is 317 g/mol. The van der Waals surface area contributed by atoms with Crippen LogP contribution in [0.5, 0.6) is 0 Å². The number of primary amides is 1. The summed E-state index contributed by atoms with van der Waals surface area (Å²) in [6, 6.07) is 0.917. The number of carbonyl (C=O) groups is 1. The molecule has 0 aliphatic carbocycles. The molecular formula is C13H18F3N5O. The van der Waals surface area contributed by atoms with Gasteiger partial charge in [-0.1, -0.05) is 0 Å². The molecule has 9 heteroatoms. The normalized spacial score (nSPS) is 18.6. The summed E-state index contributed by atoms with van der Waals surface area (Å²) in [6.45, 7) is 0.934. The number of hydrogen-bond acceptors (Lipinski definition) is 5. The maximum atomic E-state index is 13.0. The second-order valence-electron chi connectivity index (χ2n) is 5.57. The van der Waals surface area contributed by atoms with Crippen LogP contribution in [0.1, 0.15) is 18.5 Å². The van der Waals surface area contributed by atoms with E-state index >= 15 is 0 Å². The van der Waals surface area contributed by atoms with Crippen molar-refractivity contribution in [3.63, 3.8) is 0 Å². The molecule has 1 aromatic rings. The van der Waals surface area contributed by atoms with Crippen LogP contribution in [0.3, 0.4) is 0 Å². The Morgan fingerprint density at radius 2 is 2.14 bits per heavy atom. The van der Waals surface area contributed by atoms with Gasteiger partial charge < -0.3 is 15.5 Å². The lowest BCUT2D eigenvalue weighted by Gasteiger charge is -2.20. The zero-order valence-electron chi connectivity index (χ0n) is 12.4. The van der Waals surface area contributed by atoms with Crippen molar-refractivity contribution in [3.05, 3.63) is 11.8 Å². The second kappa shape index (κ2) is 5.98. The fraction of sp³-hybridized carbons (Fsp3) is 0.615. The number of alkyl halides is 3. The first kappa shape index (κ1) is 16.3. The smallest absolute Gasteiger partial charge is 0.370 e. The first-order valence-electron chi connectivity index (χ1n) is 6.83. The molecule has 2 rings (SSSR count). The lowest BCUT2D eigenvalue weighted by molar-refractivity contribution is -0.141. The summed E-state index contributed by atoms with van der Waals surface area (Å²) in [6.07, 6.45) is -3.63. The molecule has 1 fully saturated rings. The van der Waals surface area contributed by atoms with Crippen LogP contribution >= 0.6 is 0 Å². The number of nitrogens with two attached hydrogens (primary N) is 1. The molecule has 1 amide bonds. The van der Waals surface area contributed by atoms with E-state index in [0.717, 1.165) is 6.07 Å². The van der Waals surface area contributed by atoms with Gasteiger partial charge in [-0.3, -0.25) is 4.79 Å². The summed E-state index contributed by atoms with van der Waals surface area (Å²) in [5.74, 6) is -0.162. The quantitative estimate of drug-likeness (QED) is 0.905. The van der Waals surface area contributed by atoms with Crippen molar-refractivity contribution in [2.24, 2.45) is 11.7 Å². The minimum atomic E-state index is -4.53. The highest BCUT2D eigenvalue weighted by Crippen LogP contribution is 2.32. The summed E-state index contributed by atoms with van der Waals surface area (Å²) in [7, 11) is 3.23. The lowest BCUT2D eigenvalue weighted by atomic mass is 10.1. The van der Waals surface area contributed by atoms with Gasteiger partial charge in [-0.15, -0.1) is 0 Å². The predicted molar refractivity (Wildman–Crippen MR) is 75.5 cm³/mol.